The Balaban J connectivity index is 0.00000180. The van der Waals surface area contributed by atoms with Crippen molar-refractivity contribution in [2.75, 3.05) is 11.9 Å². The Kier molecular flexibility index (Phi) is 5.78. The number of halogens is 2. The summed E-state index contributed by atoms with van der Waals surface area (Å²) < 4.78 is 16.6. The van der Waals surface area contributed by atoms with Crippen LogP contribution in [-0.4, -0.2) is 31.3 Å². The van der Waals surface area contributed by atoms with Gasteiger partial charge in [0, 0.05) is 24.8 Å². The molecule has 0 saturated carbocycles. The molecule has 0 atom stereocenters. The molecule has 0 aliphatic heterocycles. The average molecular weight is 290 g/mol. The Hall–Kier alpha value is -1.60. The zero-order valence-corrected chi connectivity index (χ0v) is 11.4. The molecule has 2 rings (SSSR count). The summed E-state index contributed by atoms with van der Waals surface area (Å²) in [6.45, 7) is 3.20. The van der Waals surface area contributed by atoms with Gasteiger partial charge in [0.25, 0.3) is 0 Å². The van der Waals surface area contributed by atoms with E-state index in [4.69, 9.17) is 5.11 Å². The molecule has 0 fully saturated rings. The lowest BCUT2D eigenvalue weighted by Gasteiger charge is -2.01. The summed E-state index contributed by atoms with van der Waals surface area (Å²) in [6, 6.07) is 0. The second-order valence-electron chi connectivity index (χ2n) is 3.85. The summed E-state index contributed by atoms with van der Waals surface area (Å²) in [5.41, 5.74) is 1.30. The number of nitrogens with zero attached hydrogens (tertiary/aromatic N) is 4. The molecule has 106 valence electrons. The Morgan fingerprint density at radius 3 is 2.79 bits per heavy atom. The summed E-state index contributed by atoms with van der Waals surface area (Å²) in [5, 5.41) is 19.8. The van der Waals surface area contributed by atoms with Crippen LogP contribution in [-0.2, 0) is 19.6 Å². The van der Waals surface area contributed by atoms with Crippen molar-refractivity contribution in [3.8, 4) is 0 Å². The highest BCUT2D eigenvalue weighted by Crippen LogP contribution is 2.10. The van der Waals surface area contributed by atoms with Crippen molar-refractivity contribution < 1.29 is 9.50 Å². The van der Waals surface area contributed by atoms with Crippen LogP contribution in [0.5, 0.6) is 0 Å². The Morgan fingerprint density at radius 1 is 1.37 bits per heavy atom. The molecule has 0 aromatic carbocycles. The minimum Gasteiger partial charge on any atom is -0.394 e. The van der Waals surface area contributed by atoms with E-state index in [1.165, 1.54) is 10.9 Å². The monoisotopic (exact) mass is 289 g/mol. The summed E-state index contributed by atoms with van der Waals surface area (Å²) in [4.78, 5) is 0. The number of rotatable bonds is 6. The van der Waals surface area contributed by atoms with Crippen molar-refractivity contribution in [1.82, 2.24) is 19.6 Å². The second kappa shape index (κ2) is 7.10. The predicted molar refractivity (Wildman–Crippen MR) is 71.7 cm³/mol. The van der Waals surface area contributed by atoms with E-state index in [0.29, 0.717) is 25.2 Å². The Labute approximate surface area is 116 Å². The number of hydrogen-bond acceptors (Lipinski definition) is 4. The summed E-state index contributed by atoms with van der Waals surface area (Å²) in [5.74, 6) is -0.312. The van der Waals surface area contributed by atoms with Gasteiger partial charge in [-0.05, 0) is 6.92 Å². The van der Waals surface area contributed by atoms with Crippen LogP contribution in [0.25, 0.3) is 0 Å². The molecular formula is C11H17ClFN5O. The molecule has 0 unspecified atom stereocenters. The van der Waals surface area contributed by atoms with Crippen LogP contribution >= 0.6 is 12.4 Å². The number of aliphatic hydroxyl groups is 1. The molecule has 2 heterocycles. The van der Waals surface area contributed by atoms with E-state index in [0.717, 1.165) is 5.69 Å². The van der Waals surface area contributed by atoms with E-state index in [2.05, 4.69) is 15.5 Å². The van der Waals surface area contributed by atoms with Gasteiger partial charge in [-0.15, -0.1) is 12.4 Å². The van der Waals surface area contributed by atoms with Gasteiger partial charge in [0.05, 0.1) is 31.2 Å². The first-order valence-corrected chi connectivity index (χ1v) is 5.82. The van der Waals surface area contributed by atoms with Crippen molar-refractivity contribution in [3.63, 3.8) is 0 Å². The van der Waals surface area contributed by atoms with E-state index in [9.17, 15) is 4.39 Å². The van der Waals surface area contributed by atoms with Gasteiger partial charge in [-0.25, -0.2) is 4.68 Å². The van der Waals surface area contributed by atoms with E-state index in [-0.39, 0.29) is 25.0 Å². The highest BCUT2D eigenvalue weighted by atomic mass is 35.5. The first-order valence-electron chi connectivity index (χ1n) is 5.82. The predicted octanol–water partition coefficient (Wildman–Crippen LogP) is 1.26. The first kappa shape index (κ1) is 15.5. The van der Waals surface area contributed by atoms with Crippen molar-refractivity contribution in [2.24, 2.45) is 0 Å². The van der Waals surface area contributed by atoms with Gasteiger partial charge in [0.2, 0.25) is 5.95 Å². The standard InChI is InChI=1S/C11H16FN5O.ClH/c1-2-17-11(12)9(6-15-17)5-13-10-7-14-16(8-10)3-4-18;/h6-8,13,18H,2-5H2,1H3;1H. The molecule has 0 aliphatic carbocycles. The van der Waals surface area contributed by atoms with Crippen molar-refractivity contribution >= 4 is 18.1 Å². The number of aryl methyl sites for hydroxylation is 1. The van der Waals surface area contributed by atoms with Crippen LogP contribution in [0.2, 0.25) is 0 Å². The minimum absolute atomic E-state index is 0. The van der Waals surface area contributed by atoms with E-state index < -0.39 is 0 Å². The Bertz CT molecular complexity index is 513. The highest BCUT2D eigenvalue weighted by molar-refractivity contribution is 5.85. The molecule has 2 aromatic rings. The fraction of sp³-hybridized carbons (Fsp3) is 0.455. The summed E-state index contributed by atoms with van der Waals surface area (Å²) in [6.07, 6.45) is 4.92. The number of aromatic nitrogens is 4. The summed E-state index contributed by atoms with van der Waals surface area (Å²) >= 11 is 0. The molecule has 2 aromatic heterocycles. The molecule has 0 amide bonds. The molecule has 0 aliphatic rings. The molecule has 0 spiro atoms. The van der Waals surface area contributed by atoms with Crippen molar-refractivity contribution in [2.45, 2.75) is 26.6 Å². The molecule has 19 heavy (non-hydrogen) atoms. The van der Waals surface area contributed by atoms with Gasteiger partial charge < -0.3 is 10.4 Å². The van der Waals surface area contributed by atoms with Gasteiger partial charge in [0.15, 0.2) is 0 Å². The topological polar surface area (TPSA) is 67.9 Å². The van der Waals surface area contributed by atoms with Crippen molar-refractivity contribution in [3.05, 3.63) is 30.1 Å². The van der Waals surface area contributed by atoms with Gasteiger partial charge in [-0.3, -0.25) is 4.68 Å². The quantitative estimate of drug-likeness (QED) is 0.840. The minimum atomic E-state index is -0.312. The third-order valence-electron chi connectivity index (χ3n) is 2.59. The zero-order valence-electron chi connectivity index (χ0n) is 10.6. The van der Waals surface area contributed by atoms with Gasteiger partial charge in [-0.1, -0.05) is 0 Å². The molecule has 0 bridgehead atoms. The van der Waals surface area contributed by atoms with Gasteiger partial charge >= 0.3 is 0 Å². The zero-order chi connectivity index (χ0) is 13.0. The van der Waals surface area contributed by atoms with E-state index >= 15 is 0 Å². The maximum atomic E-state index is 13.7. The van der Waals surface area contributed by atoms with E-state index in [1.54, 1.807) is 17.1 Å². The van der Waals surface area contributed by atoms with Gasteiger partial charge in [0.1, 0.15) is 0 Å². The lowest BCUT2D eigenvalue weighted by atomic mass is 10.3. The maximum absolute atomic E-state index is 13.7. The molecule has 0 radical (unpaired) electrons. The average Bonchev–Trinajstić information content (AvgIpc) is 2.94. The molecule has 0 saturated heterocycles. The number of aliphatic hydroxyl groups excluding tert-OH is 1. The van der Waals surface area contributed by atoms with Gasteiger partial charge in [-0.2, -0.15) is 14.6 Å². The van der Waals surface area contributed by atoms with Crippen LogP contribution in [0, 0.1) is 5.95 Å². The van der Waals surface area contributed by atoms with Crippen LogP contribution in [0.3, 0.4) is 0 Å². The fourth-order valence-corrected chi connectivity index (χ4v) is 1.63. The third-order valence-corrected chi connectivity index (χ3v) is 2.59. The van der Waals surface area contributed by atoms with Crippen LogP contribution in [0.4, 0.5) is 10.1 Å². The summed E-state index contributed by atoms with van der Waals surface area (Å²) in [7, 11) is 0. The maximum Gasteiger partial charge on any atom is 0.216 e. The first-order chi connectivity index (χ1) is 8.74. The number of anilines is 1. The normalized spacial score (nSPS) is 10.3. The molecule has 6 nitrogen and oxygen atoms in total. The molecule has 2 N–H and O–H groups in total. The molecular weight excluding hydrogens is 273 g/mol. The van der Waals surface area contributed by atoms with Crippen LogP contribution in [0.15, 0.2) is 18.6 Å². The smallest absolute Gasteiger partial charge is 0.216 e. The lowest BCUT2D eigenvalue weighted by molar-refractivity contribution is 0.269. The number of nitrogens with one attached hydrogen (secondary N) is 1. The SMILES string of the molecule is CCn1ncc(CNc2cnn(CCO)c2)c1F.Cl. The molecule has 8 heteroatoms. The second-order valence-corrected chi connectivity index (χ2v) is 3.85. The van der Waals surface area contributed by atoms with E-state index in [1.807, 2.05) is 6.92 Å². The Morgan fingerprint density at radius 2 is 2.16 bits per heavy atom. The van der Waals surface area contributed by atoms with Crippen molar-refractivity contribution in [1.29, 1.82) is 0 Å². The number of hydrogen-bond donors (Lipinski definition) is 2. The largest absolute Gasteiger partial charge is 0.394 e. The lowest BCUT2D eigenvalue weighted by Crippen LogP contribution is -2.04. The highest BCUT2D eigenvalue weighted by Gasteiger charge is 2.08. The van der Waals surface area contributed by atoms with Crippen LogP contribution < -0.4 is 5.32 Å². The fourth-order valence-electron chi connectivity index (χ4n) is 1.63. The van der Waals surface area contributed by atoms with Crippen LogP contribution in [0.1, 0.15) is 12.5 Å². The third kappa shape index (κ3) is 3.68.